The molecule has 0 unspecified atom stereocenters. The summed E-state index contributed by atoms with van der Waals surface area (Å²) in [5.41, 5.74) is 1.42. The number of aliphatic hydroxyl groups is 1. The minimum atomic E-state index is -0.113. The summed E-state index contributed by atoms with van der Waals surface area (Å²) in [6, 6.07) is 7.08. The van der Waals surface area contributed by atoms with E-state index in [0.29, 0.717) is 38.0 Å². The van der Waals surface area contributed by atoms with Gasteiger partial charge in [-0.05, 0) is 38.0 Å². The Morgan fingerprint density at radius 3 is 2.52 bits per heavy atom. The van der Waals surface area contributed by atoms with Crippen LogP contribution in [0.4, 0.5) is 5.69 Å². The molecule has 21 heavy (non-hydrogen) atoms. The van der Waals surface area contributed by atoms with E-state index in [1.54, 1.807) is 29.2 Å². The normalized spacial score (nSPS) is 10.2. The summed E-state index contributed by atoms with van der Waals surface area (Å²) in [4.78, 5) is 25.4. The number of rotatable bonds is 8. The molecule has 1 rings (SSSR count). The minimum absolute atomic E-state index is 0.0535. The SMILES string of the molecule is CCN(CC)C(=O)CCCC(=O)Nc1cccc(CO)c1. The fourth-order valence-corrected chi connectivity index (χ4v) is 2.11. The van der Waals surface area contributed by atoms with Crippen molar-refractivity contribution in [3.05, 3.63) is 29.8 Å². The van der Waals surface area contributed by atoms with Gasteiger partial charge in [0, 0.05) is 31.6 Å². The van der Waals surface area contributed by atoms with Crippen molar-refractivity contribution < 1.29 is 14.7 Å². The first-order valence-corrected chi connectivity index (χ1v) is 7.38. The van der Waals surface area contributed by atoms with Crippen molar-refractivity contribution in [2.45, 2.75) is 39.7 Å². The van der Waals surface area contributed by atoms with Crippen LogP contribution in [0.5, 0.6) is 0 Å². The molecular formula is C16H24N2O3. The second-order valence-electron chi connectivity index (χ2n) is 4.83. The number of hydrogen-bond donors (Lipinski definition) is 2. The average molecular weight is 292 g/mol. The monoisotopic (exact) mass is 292 g/mol. The molecule has 0 aliphatic rings. The number of hydrogen-bond acceptors (Lipinski definition) is 3. The number of amides is 2. The first-order chi connectivity index (χ1) is 10.1. The van der Waals surface area contributed by atoms with Crippen molar-refractivity contribution in [2.24, 2.45) is 0 Å². The van der Waals surface area contributed by atoms with Gasteiger partial charge in [0.15, 0.2) is 0 Å². The van der Waals surface area contributed by atoms with Gasteiger partial charge in [0.1, 0.15) is 0 Å². The highest BCUT2D eigenvalue weighted by Crippen LogP contribution is 2.11. The van der Waals surface area contributed by atoms with Gasteiger partial charge in [-0.2, -0.15) is 0 Å². The van der Waals surface area contributed by atoms with Crippen LogP contribution >= 0.6 is 0 Å². The highest BCUT2D eigenvalue weighted by Gasteiger charge is 2.10. The molecule has 5 nitrogen and oxygen atoms in total. The Bertz CT molecular complexity index is 470. The van der Waals surface area contributed by atoms with Gasteiger partial charge in [-0.15, -0.1) is 0 Å². The molecule has 0 saturated carbocycles. The van der Waals surface area contributed by atoms with Crippen LogP contribution in [0.2, 0.25) is 0 Å². The average Bonchev–Trinajstić information content (AvgIpc) is 2.48. The van der Waals surface area contributed by atoms with Gasteiger partial charge in [-0.3, -0.25) is 9.59 Å². The molecule has 5 heteroatoms. The molecule has 0 aromatic heterocycles. The van der Waals surface area contributed by atoms with Gasteiger partial charge < -0.3 is 15.3 Å². The zero-order valence-electron chi connectivity index (χ0n) is 12.8. The summed E-state index contributed by atoms with van der Waals surface area (Å²) < 4.78 is 0. The second-order valence-corrected chi connectivity index (χ2v) is 4.83. The van der Waals surface area contributed by atoms with Gasteiger partial charge in [0.2, 0.25) is 11.8 Å². The van der Waals surface area contributed by atoms with Crippen LogP contribution < -0.4 is 5.32 Å². The Labute approximate surface area is 126 Å². The lowest BCUT2D eigenvalue weighted by molar-refractivity contribution is -0.130. The van der Waals surface area contributed by atoms with Crippen LogP contribution in [0.3, 0.4) is 0 Å². The lowest BCUT2D eigenvalue weighted by atomic mass is 10.2. The highest BCUT2D eigenvalue weighted by molar-refractivity contribution is 5.91. The fourth-order valence-electron chi connectivity index (χ4n) is 2.11. The van der Waals surface area contributed by atoms with E-state index in [0.717, 1.165) is 5.56 Å². The van der Waals surface area contributed by atoms with Crippen molar-refractivity contribution in [1.82, 2.24) is 4.90 Å². The zero-order valence-corrected chi connectivity index (χ0v) is 12.8. The lowest BCUT2D eigenvalue weighted by Crippen LogP contribution is -2.30. The van der Waals surface area contributed by atoms with E-state index in [1.165, 1.54) is 0 Å². The van der Waals surface area contributed by atoms with Crippen LogP contribution in [-0.4, -0.2) is 34.9 Å². The van der Waals surface area contributed by atoms with E-state index >= 15 is 0 Å². The molecule has 2 N–H and O–H groups in total. The van der Waals surface area contributed by atoms with E-state index in [2.05, 4.69) is 5.32 Å². The molecule has 2 amide bonds. The van der Waals surface area contributed by atoms with E-state index in [-0.39, 0.29) is 18.4 Å². The maximum Gasteiger partial charge on any atom is 0.224 e. The van der Waals surface area contributed by atoms with Crippen molar-refractivity contribution in [1.29, 1.82) is 0 Å². The predicted octanol–water partition coefficient (Wildman–Crippen LogP) is 2.16. The summed E-state index contributed by atoms with van der Waals surface area (Å²) in [6.07, 6.45) is 1.25. The number of anilines is 1. The summed E-state index contributed by atoms with van der Waals surface area (Å²) in [6.45, 7) is 5.25. The first kappa shape index (κ1) is 17.2. The molecule has 0 atom stereocenters. The molecule has 0 spiro atoms. The number of carbonyl (C=O) groups is 2. The quantitative estimate of drug-likeness (QED) is 0.771. The maximum absolute atomic E-state index is 11.8. The van der Waals surface area contributed by atoms with Gasteiger partial charge in [0.25, 0.3) is 0 Å². The zero-order chi connectivity index (χ0) is 15.7. The van der Waals surface area contributed by atoms with Gasteiger partial charge >= 0.3 is 0 Å². The number of nitrogens with zero attached hydrogens (tertiary/aromatic N) is 1. The van der Waals surface area contributed by atoms with Gasteiger partial charge in [-0.1, -0.05) is 12.1 Å². The maximum atomic E-state index is 11.8. The largest absolute Gasteiger partial charge is 0.392 e. The van der Waals surface area contributed by atoms with Crippen molar-refractivity contribution in [3.63, 3.8) is 0 Å². The molecule has 0 saturated heterocycles. The summed E-state index contributed by atoms with van der Waals surface area (Å²) >= 11 is 0. The van der Waals surface area contributed by atoms with Crippen LogP contribution in [0, 0.1) is 0 Å². The number of nitrogens with one attached hydrogen (secondary N) is 1. The van der Waals surface area contributed by atoms with Gasteiger partial charge in [-0.25, -0.2) is 0 Å². The van der Waals surface area contributed by atoms with Crippen LogP contribution in [0.1, 0.15) is 38.7 Å². The van der Waals surface area contributed by atoms with Crippen molar-refractivity contribution in [2.75, 3.05) is 18.4 Å². The molecule has 0 heterocycles. The third-order valence-electron chi connectivity index (χ3n) is 3.30. The topological polar surface area (TPSA) is 69.6 Å². The Kier molecular flexibility index (Phi) is 7.46. The summed E-state index contributed by atoms with van der Waals surface area (Å²) in [7, 11) is 0. The number of aliphatic hydroxyl groups excluding tert-OH is 1. The van der Waals surface area contributed by atoms with Crippen molar-refractivity contribution >= 4 is 17.5 Å². The smallest absolute Gasteiger partial charge is 0.224 e. The molecule has 1 aromatic carbocycles. The first-order valence-electron chi connectivity index (χ1n) is 7.38. The third kappa shape index (κ3) is 5.95. The molecule has 1 aromatic rings. The minimum Gasteiger partial charge on any atom is -0.392 e. The molecule has 0 fully saturated rings. The summed E-state index contributed by atoms with van der Waals surface area (Å²) in [5.74, 6) is -0.0208. The van der Waals surface area contributed by atoms with Crippen molar-refractivity contribution in [3.8, 4) is 0 Å². The van der Waals surface area contributed by atoms with E-state index in [4.69, 9.17) is 5.11 Å². The van der Waals surface area contributed by atoms with E-state index < -0.39 is 0 Å². The Balaban J connectivity index is 2.35. The van der Waals surface area contributed by atoms with E-state index in [9.17, 15) is 9.59 Å². The molecule has 0 aliphatic heterocycles. The second kappa shape index (κ2) is 9.13. The molecular weight excluding hydrogens is 268 g/mol. The van der Waals surface area contributed by atoms with Gasteiger partial charge in [0.05, 0.1) is 6.61 Å². The fraction of sp³-hybridized carbons (Fsp3) is 0.500. The highest BCUT2D eigenvalue weighted by atomic mass is 16.3. The standard InChI is InChI=1S/C16H24N2O3/c1-3-18(4-2)16(21)10-6-9-15(20)17-14-8-5-7-13(11-14)12-19/h5,7-8,11,19H,3-4,6,9-10,12H2,1-2H3,(H,17,20). The molecule has 0 aliphatic carbocycles. The number of carbonyl (C=O) groups excluding carboxylic acids is 2. The number of benzene rings is 1. The lowest BCUT2D eigenvalue weighted by Gasteiger charge is -2.18. The molecule has 0 radical (unpaired) electrons. The molecule has 116 valence electrons. The Morgan fingerprint density at radius 2 is 1.90 bits per heavy atom. The van der Waals surface area contributed by atoms with Crippen LogP contribution in [0.15, 0.2) is 24.3 Å². The van der Waals surface area contributed by atoms with Crippen LogP contribution in [0.25, 0.3) is 0 Å². The Morgan fingerprint density at radius 1 is 1.19 bits per heavy atom. The third-order valence-corrected chi connectivity index (χ3v) is 3.30. The van der Waals surface area contributed by atoms with Crippen LogP contribution in [-0.2, 0) is 16.2 Å². The molecule has 0 bridgehead atoms. The predicted molar refractivity (Wildman–Crippen MR) is 82.8 cm³/mol. The van der Waals surface area contributed by atoms with E-state index in [1.807, 2.05) is 13.8 Å². The summed E-state index contributed by atoms with van der Waals surface area (Å²) in [5, 5.41) is 11.8. The Hall–Kier alpha value is -1.88.